The SMILES string of the molecule is O=c1[nH]c(=S)[nH]cc1N=Nc1cccc(O)c1. The van der Waals surface area contributed by atoms with Crippen molar-refractivity contribution in [3.63, 3.8) is 0 Å². The molecule has 3 N–H and O–H groups in total. The van der Waals surface area contributed by atoms with E-state index in [1.165, 1.54) is 18.3 Å². The van der Waals surface area contributed by atoms with Crippen molar-refractivity contribution in [2.45, 2.75) is 0 Å². The van der Waals surface area contributed by atoms with Crippen LogP contribution in [-0.4, -0.2) is 15.1 Å². The molecule has 0 spiro atoms. The van der Waals surface area contributed by atoms with Gasteiger partial charge in [-0.3, -0.25) is 9.78 Å². The molecule has 6 nitrogen and oxygen atoms in total. The summed E-state index contributed by atoms with van der Waals surface area (Å²) in [6.07, 6.45) is 1.37. The molecule has 1 aromatic carbocycles. The normalized spacial score (nSPS) is 10.8. The zero-order valence-corrected chi connectivity index (χ0v) is 9.36. The second-order valence-electron chi connectivity index (χ2n) is 3.18. The molecule has 0 unspecified atom stereocenters. The third-order valence-corrected chi connectivity index (χ3v) is 2.12. The maximum Gasteiger partial charge on any atom is 0.279 e. The van der Waals surface area contributed by atoms with E-state index >= 15 is 0 Å². The number of azo groups is 1. The van der Waals surface area contributed by atoms with Crippen molar-refractivity contribution in [3.05, 3.63) is 45.6 Å². The number of hydrogen-bond donors (Lipinski definition) is 3. The zero-order valence-electron chi connectivity index (χ0n) is 8.54. The topological polar surface area (TPSA) is 93.6 Å². The minimum Gasteiger partial charge on any atom is -0.508 e. The fourth-order valence-corrected chi connectivity index (χ4v) is 1.30. The quantitative estimate of drug-likeness (QED) is 0.563. The number of H-pyrrole nitrogens is 2. The molecule has 0 radical (unpaired) electrons. The number of rotatable bonds is 2. The predicted molar refractivity (Wildman–Crippen MR) is 64.5 cm³/mol. The fourth-order valence-electron chi connectivity index (χ4n) is 1.14. The Kier molecular flexibility index (Phi) is 3.10. The maximum absolute atomic E-state index is 11.4. The molecular formula is C10H8N4O2S. The van der Waals surface area contributed by atoms with E-state index in [-0.39, 0.29) is 16.2 Å². The van der Waals surface area contributed by atoms with Crippen molar-refractivity contribution in [2.24, 2.45) is 10.2 Å². The lowest BCUT2D eigenvalue weighted by atomic mass is 10.3. The molecule has 0 saturated carbocycles. The number of phenols is 1. The van der Waals surface area contributed by atoms with Gasteiger partial charge in [-0.25, -0.2) is 0 Å². The molecule has 0 fully saturated rings. The number of phenolic OH excluding ortho intramolecular Hbond substituents is 1. The first-order valence-electron chi connectivity index (χ1n) is 4.68. The van der Waals surface area contributed by atoms with Gasteiger partial charge in [0.1, 0.15) is 5.75 Å². The minimum atomic E-state index is -0.419. The fraction of sp³-hybridized carbons (Fsp3) is 0. The molecule has 2 aromatic rings. The van der Waals surface area contributed by atoms with E-state index in [9.17, 15) is 9.90 Å². The molecule has 0 bridgehead atoms. The monoisotopic (exact) mass is 248 g/mol. The Morgan fingerprint density at radius 1 is 1.29 bits per heavy atom. The average Bonchev–Trinajstić information content (AvgIpc) is 2.28. The molecule has 0 aliphatic carbocycles. The van der Waals surface area contributed by atoms with Crippen LogP contribution in [0.2, 0.25) is 0 Å². The number of nitrogens with one attached hydrogen (secondary N) is 2. The van der Waals surface area contributed by atoms with Crippen molar-refractivity contribution in [2.75, 3.05) is 0 Å². The van der Waals surface area contributed by atoms with Crippen LogP contribution in [0.1, 0.15) is 0 Å². The highest BCUT2D eigenvalue weighted by molar-refractivity contribution is 7.71. The Hall–Kier alpha value is -2.28. The molecule has 17 heavy (non-hydrogen) atoms. The summed E-state index contributed by atoms with van der Waals surface area (Å²) in [5.41, 5.74) is 0.145. The summed E-state index contributed by atoms with van der Waals surface area (Å²) in [5, 5.41) is 16.8. The van der Waals surface area contributed by atoms with Crippen molar-refractivity contribution >= 4 is 23.6 Å². The molecule has 7 heteroatoms. The molecule has 0 aliphatic rings. The Morgan fingerprint density at radius 3 is 2.82 bits per heavy atom. The van der Waals surface area contributed by atoms with Crippen LogP contribution in [0, 0.1) is 4.77 Å². The number of aromatic nitrogens is 2. The second kappa shape index (κ2) is 4.71. The summed E-state index contributed by atoms with van der Waals surface area (Å²) in [6, 6.07) is 6.24. The van der Waals surface area contributed by atoms with Gasteiger partial charge in [0.25, 0.3) is 5.56 Å². The Bertz CT molecular complexity index is 674. The van der Waals surface area contributed by atoms with Crippen molar-refractivity contribution < 1.29 is 5.11 Å². The summed E-state index contributed by atoms with van der Waals surface area (Å²) in [4.78, 5) is 16.4. The summed E-state index contributed by atoms with van der Waals surface area (Å²) in [5.74, 6) is 0.0860. The van der Waals surface area contributed by atoms with Crippen molar-refractivity contribution in [1.82, 2.24) is 9.97 Å². The van der Waals surface area contributed by atoms with Crippen LogP contribution in [0.5, 0.6) is 5.75 Å². The molecule has 1 aromatic heterocycles. The molecule has 2 rings (SSSR count). The van der Waals surface area contributed by atoms with Crippen LogP contribution in [0.4, 0.5) is 11.4 Å². The smallest absolute Gasteiger partial charge is 0.279 e. The minimum absolute atomic E-state index is 0.0860. The summed E-state index contributed by atoms with van der Waals surface area (Å²) < 4.78 is 0.228. The first-order chi connectivity index (χ1) is 8.15. The molecule has 86 valence electrons. The number of aromatic hydroxyl groups is 1. The Balaban J connectivity index is 2.32. The highest BCUT2D eigenvalue weighted by Crippen LogP contribution is 2.19. The third-order valence-electron chi connectivity index (χ3n) is 1.90. The number of benzene rings is 1. The lowest BCUT2D eigenvalue weighted by molar-refractivity contribution is 0.475. The summed E-state index contributed by atoms with van der Waals surface area (Å²) in [7, 11) is 0. The first-order valence-corrected chi connectivity index (χ1v) is 5.09. The third kappa shape index (κ3) is 2.85. The first kappa shape index (κ1) is 11.2. The van der Waals surface area contributed by atoms with Crippen molar-refractivity contribution in [1.29, 1.82) is 0 Å². The van der Waals surface area contributed by atoms with E-state index < -0.39 is 5.56 Å². The van der Waals surface area contributed by atoms with Crippen LogP contribution in [0.3, 0.4) is 0 Å². The van der Waals surface area contributed by atoms with Crippen molar-refractivity contribution in [3.8, 4) is 5.75 Å². The van der Waals surface area contributed by atoms with Gasteiger partial charge in [0.15, 0.2) is 10.5 Å². The molecule has 1 heterocycles. The van der Waals surface area contributed by atoms with Gasteiger partial charge in [-0.1, -0.05) is 6.07 Å². The Labute approximate surface area is 101 Å². The van der Waals surface area contributed by atoms with Crippen LogP contribution >= 0.6 is 12.2 Å². The van der Waals surface area contributed by atoms with Gasteiger partial charge in [0.05, 0.1) is 5.69 Å². The highest BCUT2D eigenvalue weighted by Gasteiger charge is 1.97. The zero-order chi connectivity index (χ0) is 12.3. The standard InChI is InChI=1S/C10H8N4O2S/c15-7-3-1-2-6(4-7)13-14-8-5-11-10(17)12-9(8)16/h1-5,15H,(H2,11,12,16,17). The lowest BCUT2D eigenvalue weighted by Gasteiger charge is -1.93. The lowest BCUT2D eigenvalue weighted by Crippen LogP contribution is -2.05. The maximum atomic E-state index is 11.4. The van der Waals surface area contributed by atoms with Gasteiger partial charge >= 0.3 is 0 Å². The van der Waals surface area contributed by atoms with Crippen LogP contribution < -0.4 is 5.56 Å². The molecular weight excluding hydrogens is 240 g/mol. The summed E-state index contributed by atoms with van der Waals surface area (Å²) >= 11 is 4.74. The highest BCUT2D eigenvalue weighted by atomic mass is 32.1. The van der Waals surface area contributed by atoms with Gasteiger partial charge in [-0.05, 0) is 24.4 Å². The van der Waals surface area contributed by atoms with Crippen LogP contribution in [-0.2, 0) is 0 Å². The van der Waals surface area contributed by atoms with Crippen LogP contribution in [0.15, 0.2) is 45.5 Å². The van der Waals surface area contributed by atoms with E-state index in [0.717, 1.165) is 0 Å². The van der Waals surface area contributed by atoms with E-state index in [4.69, 9.17) is 12.2 Å². The largest absolute Gasteiger partial charge is 0.508 e. The van der Waals surface area contributed by atoms with E-state index in [2.05, 4.69) is 20.2 Å². The van der Waals surface area contributed by atoms with Gasteiger partial charge in [-0.2, -0.15) is 5.11 Å². The summed E-state index contributed by atoms with van der Waals surface area (Å²) in [6.45, 7) is 0. The van der Waals surface area contributed by atoms with Gasteiger partial charge in [0, 0.05) is 12.3 Å². The Morgan fingerprint density at radius 2 is 2.12 bits per heavy atom. The second-order valence-corrected chi connectivity index (χ2v) is 3.59. The number of hydrogen-bond acceptors (Lipinski definition) is 5. The van der Waals surface area contributed by atoms with Gasteiger partial charge in [-0.15, -0.1) is 5.11 Å². The van der Waals surface area contributed by atoms with Gasteiger partial charge in [0.2, 0.25) is 0 Å². The molecule has 0 atom stereocenters. The number of nitrogens with zero attached hydrogens (tertiary/aromatic N) is 2. The van der Waals surface area contributed by atoms with E-state index in [1.54, 1.807) is 12.1 Å². The van der Waals surface area contributed by atoms with Crippen LogP contribution in [0.25, 0.3) is 0 Å². The van der Waals surface area contributed by atoms with E-state index in [0.29, 0.717) is 5.69 Å². The van der Waals surface area contributed by atoms with E-state index in [1.807, 2.05) is 0 Å². The average molecular weight is 248 g/mol. The molecule has 0 saturated heterocycles. The molecule has 0 aliphatic heterocycles. The van der Waals surface area contributed by atoms with Gasteiger partial charge < -0.3 is 10.1 Å². The predicted octanol–water partition coefficient (Wildman–Crippen LogP) is 2.55. The molecule has 0 amide bonds. The number of aromatic amines is 2.